The first-order valence-corrected chi connectivity index (χ1v) is 7.74. The van der Waals surface area contributed by atoms with Crippen LogP contribution in [0.5, 0.6) is 0 Å². The van der Waals surface area contributed by atoms with E-state index < -0.39 is 4.92 Å². The molecule has 0 aliphatic carbocycles. The number of hydrogen-bond acceptors (Lipinski definition) is 4. The van der Waals surface area contributed by atoms with Crippen LogP contribution in [0.15, 0.2) is 29.1 Å². The van der Waals surface area contributed by atoms with Gasteiger partial charge in [0, 0.05) is 29.9 Å². The van der Waals surface area contributed by atoms with Crippen LogP contribution in [-0.2, 0) is 6.54 Å². The maximum Gasteiger partial charge on any atom is 0.271 e. The number of hydrogen-bond donors (Lipinski definition) is 3. The van der Waals surface area contributed by atoms with Crippen molar-refractivity contribution in [1.29, 1.82) is 0 Å². The van der Waals surface area contributed by atoms with Gasteiger partial charge in [-0.3, -0.25) is 14.9 Å². The van der Waals surface area contributed by atoms with Gasteiger partial charge in [-0.25, -0.2) is 0 Å². The van der Waals surface area contributed by atoms with Gasteiger partial charge in [0.2, 0.25) is 0 Å². The van der Waals surface area contributed by atoms with Gasteiger partial charge in [-0.05, 0) is 43.8 Å². The summed E-state index contributed by atoms with van der Waals surface area (Å²) in [5.74, 6) is 0. The summed E-state index contributed by atoms with van der Waals surface area (Å²) in [4.78, 5) is 25.0. The average Bonchev–Trinajstić information content (AvgIpc) is 2.48. The predicted molar refractivity (Wildman–Crippen MR) is 97.7 cm³/mol. The third-order valence-corrected chi connectivity index (χ3v) is 3.90. The van der Waals surface area contributed by atoms with Crippen LogP contribution in [0.4, 0.5) is 11.4 Å². The lowest BCUT2D eigenvalue weighted by Crippen LogP contribution is -2.31. The van der Waals surface area contributed by atoms with E-state index in [9.17, 15) is 14.9 Å². The lowest BCUT2D eigenvalue weighted by atomic mass is 10.1. The maximum atomic E-state index is 12.0. The van der Waals surface area contributed by atoms with Crippen LogP contribution in [0.25, 0.3) is 0 Å². The topological polar surface area (TPSA) is 100 Å². The Morgan fingerprint density at radius 3 is 2.71 bits per heavy atom. The number of non-ortho nitro benzene ring substituents is 1. The number of rotatable bonds is 4. The predicted octanol–water partition coefficient (Wildman–Crippen LogP) is 3.04. The number of nitro benzene ring substituents is 1. The van der Waals surface area contributed by atoms with E-state index in [1.807, 2.05) is 19.9 Å². The van der Waals surface area contributed by atoms with E-state index in [-0.39, 0.29) is 22.9 Å². The Balaban J connectivity index is 2.08. The summed E-state index contributed by atoms with van der Waals surface area (Å²) in [5.41, 5.74) is 2.23. The van der Waals surface area contributed by atoms with Crippen LogP contribution in [0.1, 0.15) is 16.8 Å². The van der Waals surface area contributed by atoms with Gasteiger partial charge in [-0.2, -0.15) is 0 Å². The third kappa shape index (κ3) is 4.30. The van der Waals surface area contributed by atoms with E-state index in [0.29, 0.717) is 16.3 Å². The Morgan fingerprint density at radius 2 is 2.08 bits per heavy atom. The quantitative estimate of drug-likeness (QED) is 0.437. The maximum absolute atomic E-state index is 12.0. The van der Waals surface area contributed by atoms with Gasteiger partial charge in [0.15, 0.2) is 5.11 Å². The van der Waals surface area contributed by atoms with Crippen molar-refractivity contribution in [3.8, 4) is 0 Å². The number of H-pyrrole nitrogens is 1. The Hall–Kier alpha value is -2.45. The number of thiocarbonyl (C=S) groups is 1. The minimum absolute atomic E-state index is 0.101. The Labute approximate surface area is 148 Å². The van der Waals surface area contributed by atoms with Crippen LogP contribution < -0.4 is 16.2 Å². The molecule has 2 aromatic rings. The Morgan fingerprint density at radius 1 is 1.38 bits per heavy atom. The van der Waals surface area contributed by atoms with Crippen molar-refractivity contribution in [1.82, 2.24) is 10.3 Å². The van der Waals surface area contributed by atoms with Crippen LogP contribution in [0.3, 0.4) is 0 Å². The number of nitrogens with zero attached hydrogens (tertiary/aromatic N) is 1. The molecule has 0 aliphatic rings. The molecule has 0 unspecified atom stereocenters. The van der Waals surface area contributed by atoms with E-state index >= 15 is 0 Å². The Bertz CT molecular complexity index is 866. The smallest absolute Gasteiger partial charge is 0.271 e. The van der Waals surface area contributed by atoms with Crippen molar-refractivity contribution in [2.75, 3.05) is 5.32 Å². The molecular weight excluding hydrogens is 352 g/mol. The molecule has 0 bridgehead atoms. The summed E-state index contributed by atoms with van der Waals surface area (Å²) < 4.78 is 0. The average molecular weight is 367 g/mol. The summed E-state index contributed by atoms with van der Waals surface area (Å²) in [7, 11) is 0. The van der Waals surface area contributed by atoms with E-state index in [4.69, 9.17) is 23.8 Å². The highest BCUT2D eigenvalue weighted by molar-refractivity contribution is 7.80. The molecule has 0 saturated heterocycles. The molecule has 0 saturated carbocycles. The molecule has 3 N–H and O–H groups in total. The number of pyridine rings is 1. The molecule has 0 amide bonds. The van der Waals surface area contributed by atoms with Gasteiger partial charge in [0.05, 0.1) is 15.6 Å². The van der Waals surface area contributed by atoms with Gasteiger partial charge in [0.25, 0.3) is 11.2 Å². The van der Waals surface area contributed by atoms with E-state index in [1.165, 1.54) is 18.2 Å². The summed E-state index contributed by atoms with van der Waals surface area (Å²) in [6.45, 7) is 3.87. The summed E-state index contributed by atoms with van der Waals surface area (Å²) in [6, 6.07) is 5.88. The molecule has 9 heteroatoms. The van der Waals surface area contributed by atoms with Crippen LogP contribution in [-0.4, -0.2) is 15.0 Å². The number of aryl methyl sites for hydroxylation is 2. The molecule has 126 valence electrons. The zero-order valence-electron chi connectivity index (χ0n) is 13.0. The summed E-state index contributed by atoms with van der Waals surface area (Å²) >= 11 is 11.2. The number of benzene rings is 1. The van der Waals surface area contributed by atoms with Crippen molar-refractivity contribution in [3.63, 3.8) is 0 Å². The molecule has 0 aliphatic heterocycles. The molecular formula is C15H15ClN4O3S. The van der Waals surface area contributed by atoms with Crippen molar-refractivity contribution >= 4 is 40.3 Å². The first kappa shape index (κ1) is 17.9. The zero-order chi connectivity index (χ0) is 17.9. The molecule has 1 heterocycles. The molecule has 0 spiro atoms. The van der Waals surface area contributed by atoms with Crippen molar-refractivity contribution in [2.24, 2.45) is 0 Å². The normalized spacial score (nSPS) is 10.3. The number of anilines is 1. The number of halogens is 1. The molecule has 0 radical (unpaired) electrons. The highest BCUT2D eigenvalue weighted by Gasteiger charge is 2.11. The number of aromatic amines is 1. The fraction of sp³-hybridized carbons (Fsp3) is 0.200. The Kier molecular flexibility index (Phi) is 5.53. The highest BCUT2D eigenvalue weighted by atomic mass is 35.5. The first-order valence-electron chi connectivity index (χ1n) is 6.96. The second-order valence-electron chi connectivity index (χ2n) is 5.17. The second kappa shape index (κ2) is 7.41. The molecule has 0 fully saturated rings. The lowest BCUT2D eigenvalue weighted by Gasteiger charge is -2.12. The number of nitrogens with one attached hydrogen (secondary N) is 3. The fourth-order valence-electron chi connectivity index (χ4n) is 2.16. The van der Waals surface area contributed by atoms with Crippen molar-refractivity contribution in [2.45, 2.75) is 20.4 Å². The lowest BCUT2D eigenvalue weighted by molar-refractivity contribution is -0.384. The highest BCUT2D eigenvalue weighted by Crippen LogP contribution is 2.26. The summed E-state index contributed by atoms with van der Waals surface area (Å²) in [6.07, 6.45) is 0. The third-order valence-electron chi connectivity index (χ3n) is 3.33. The second-order valence-corrected chi connectivity index (χ2v) is 5.99. The zero-order valence-corrected chi connectivity index (χ0v) is 14.5. The molecule has 2 rings (SSSR count). The standard InChI is InChI=1S/C15H15ClN4O3S/c1-8-5-9(2)18-14(21)11(8)7-17-15(24)19-13-6-10(20(22)23)3-4-12(13)16/h3-6H,7H2,1-2H3,(H,18,21)(H2,17,19,24). The van der Waals surface area contributed by atoms with E-state index in [2.05, 4.69) is 15.6 Å². The fourth-order valence-corrected chi connectivity index (χ4v) is 2.51. The molecule has 24 heavy (non-hydrogen) atoms. The van der Waals surface area contributed by atoms with Crippen molar-refractivity contribution < 1.29 is 4.92 Å². The molecule has 1 aromatic carbocycles. The molecule has 1 aromatic heterocycles. The van der Waals surface area contributed by atoms with E-state index in [1.54, 1.807) is 0 Å². The van der Waals surface area contributed by atoms with Crippen LogP contribution in [0.2, 0.25) is 5.02 Å². The monoisotopic (exact) mass is 366 g/mol. The van der Waals surface area contributed by atoms with Crippen molar-refractivity contribution in [3.05, 3.63) is 66.6 Å². The molecule has 0 atom stereocenters. The van der Waals surface area contributed by atoms with Gasteiger partial charge in [0.1, 0.15) is 0 Å². The van der Waals surface area contributed by atoms with Crippen LogP contribution >= 0.6 is 23.8 Å². The SMILES string of the molecule is Cc1cc(C)c(CNC(=S)Nc2cc([N+](=O)[O-])ccc2Cl)c(=O)[nH]1. The minimum atomic E-state index is -0.521. The summed E-state index contributed by atoms with van der Waals surface area (Å²) in [5, 5.41) is 17.0. The van der Waals surface area contributed by atoms with E-state index in [0.717, 1.165) is 11.3 Å². The van der Waals surface area contributed by atoms with Gasteiger partial charge in [-0.1, -0.05) is 11.6 Å². The van der Waals surface area contributed by atoms with Gasteiger partial charge in [-0.15, -0.1) is 0 Å². The number of nitro groups is 1. The number of aromatic nitrogens is 1. The van der Waals surface area contributed by atoms with Crippen LogP contribution in [0, 0.1) is 24.0 Å². The first-order chi connectivity index (χ1) is 11.3. The van der Waals surface area contributed by atoms with Gasteiger partial charge < -0.3 is 15.6 Å². The largest absolute Gasteiger partial charge is 0.358 e. The molecule has 7 nitrogen and oxygen atoms in total. The minimum Gasteiger partial charge on any atom is -0.358 e. The van der Waals surface area contributed by atoms with Gasteiger partial charge >= 0.3 is 0 Å².